The fraction of sp³-hybridized carbons (Fsp3) is 0.286. The van der Waals surface area contributed by atoms with E-state index in [1.54, 1.807) is 12.1 Å². The molecular weight excluding hydrogens is 267 g/mol. The molecule has 0 aliphatic rings. The van der Waals surface area contributed by atoms with Gasteiger partial charge in [0.2, 0.25) is 0 Å². The summed E-state index contributed by atoms with van der Waals surface area (Å²) in [5.41, 5.74) is 6.55. The Kier molecular flexibility index (Phi) is 3.65. The molecule has 0 saturated heterocycles. The van der Waals surface area contributed by atoms with Crippen LogP contribution in [0.1, 0.15) is 31.0 Å². The van der Waals surface area contributed by atoms with Crippen LogP contribution >= 0.6 is 0 Å². The van der Waals surface area contributed by atoms with Crippen molar-refractivity contribution >= 4 is 5.82 Å². The van der Waals surface area contributed by atoms with Crippen molar-refractivity contribution in [2.75, 3.05) is 5.73 Å². The minimum absolute atomic E-state index is 0.118. The van der Waals surface area contributed by atoms with Crippen molar-refractivity contribution in [1.29, 1.82) is 0 Å². The first-order valence-corrected chi connectivity index (χ1v) is 6.09. The highest BCUT2D eigenvalue weighted by Crippen LogP contribution is 2.33. The Balaban J connectivity index is 2.54. The van der Waals surface area contributed by atoms with Gasteiger partial charge in [0.1, 0.15) is 0 Å². The van der Waals surface area contributed by atoms with Gasteiger partial charge in [-0.3, -0.25) is 0 Å². The summed E-state index contributed by atoms with van der Waals surface area (Å²) in [7, 11) is 0. The predicted octanol–water partition coefficient (Wildman–Crippen LogP) is 3.87. The molecule has 0 fully saturated rings. The number of halogens is 3. The smallest absolute Gasteiger partial charge is 0.382 e. The molecule has 20 heavy (non-hydrogen) atoms. The van der Waals surface area contributed by atoms with Crippen LogP contribution in [-0.4, -0.2) is 10.2 Å². The summed E-state index contributed by atoms with van der Waals surface area (Å²) in [6, 6.07) is 6.71. The zero-order valence-corrected chi connectivity index (χ0v) is 11.1. The third-order valence-electron chi connectivity index (χ3n) is 2.93. The van der Waals surface area contributed by atoms with Gasteiger partial charge in [0.25, 0.3) is 0 Å². The number of anilines is 1. The van der Waals surface area contributed by atoms with Gasteiger partial charge in [0, 0.05) is 5.56 Å². The maximum atomic E-state index is 12.7. The molecule has 0 bridgehead atoms. The zero-order chi connectivity index (χ0) is 14.9. The highest BCUT2D eigenvalue weighted by atomic mass is 19.4. The van der Waals surface area contributed by atoms with Crippen LogP contribution in [0.3, 0.4) is 0 Å². The van der Waals surface area contributed by atoms with Crippen LogP contribution in [-0.2, 0) is 6.18 Å². The molecule has 2 N–H and O–H groups in total. The van der Waals surface area contributed by atoms with Crippen molar-refractivity contribution in [3.8, 4) is 11.1 Å². The van der Waals surface area contributed by atoms with Crippen molar-refractivity contribution in [2.24, 2.45) is 0 Å². The van der Waals surface area contributed by atoms with Gasteiger partial charge in [-0.2, -0.15) is 18.3 Å². The summed E-state index contributed by atoms with van der Waals surface area (Å²) in [5, 5.41) is 7.75. The van der Waals surface area contributed by atoms with E-state index in [9.17, 15) is 13.2 Å². The third-order valence-corrected chi connectivity index (χ3v) is 2.93. The van der Waals surface area contributed by atoms with Crippen LogP contribution in [0.15, 0.2) is 30.3 Å². The van der Waals surface area contributed by atoms with Crippen LogP contribution in [0.2, 0.25) is 0 Å². The van der Waals surface area contributed by atoms with E-state index in [1.165, 1.54) is 6.07 Å². The summed E-state index contributed by atoms with van der Waals surface area (Å²) < 4.78 is 38.2. The van der Waals surface area contributed by atoms with Crippen LogP contribution < -0.4 is 5.73 Å². The highest BCUT2D eigenvalue weighted by molar-refractivity contribution is 5.74. The van der Waals surface area contributed by atoms with E-state index >= 15 is 0 Å². The molecule has 0 spiro atoms. The lowest BCUT2D eigenvalue weighted by atomic mass is 10.0. The van der Waals surface area contributed by atoms with Gasteiger partial charge in [-0.25, -0.2) is 0 Å². The standard InChI is InChI=1S/C14H14F3N3/c1-8(2)12-7-11(13(18)20-19-12)9-4-3-5-10(6-9)14(15,16)17/h3-8H,1-2H3,(H2,18,20). The third kappa shape index (κ3) is 2.89. The lowest BCUT2D eigenvalue weighted by Gasteiger charge is -2.11. The van der Waals surface area contributed by atoms with Crippen LogP contribution in [0.4, 0.5) is 19.0 Å². The quantitative estimate of drug-likeness (QED) is 0.909. The molecular formula is C14H14F3N3. The molecule has 106 valence electrons. The number of nitrogens with two attached hydrogens (primary N) is 1. The van der Waals surface area contributed by atoms with Gasteiger partial charge in [-0.1, -0.05) is 26.0 Å². The number of nitrogen functional groups attached to an aromatic ring is 1. The highest BCUT2D eigenvalue weighted by Gasteiger charge is 2.30. The monoisotopic (exact) mass is 281 g/mol. The Bertz CT molecular complexity index is 621. The van der Waals surface area contributed by atoms with Crippen molar-refractivity contribution < 1.29 is 13.2 Å². The predicted molar refractivity (Wildman–Crippen MR) is 71.0 cm³/mol. The van der Waals surface area contributed by atoms with E-state index in [0.29, 0.717) is 16.8 Å². The van der Waals surface area contributed by atoms with Crippen LogP contribution in [0.25, 0.3) is 11.1 Å². The minimum Gasteiger partial charge on any atom is -0.382 e. The topological polar surface area (TPSA) is 51.8 Å². The fourth-order valence-electron chi connectivity index (χ4n) is 1.79. The Hall–Kier alpha value is -2.11. The number of hydrogen-bond donors (Lipinski definition) is 1. The summed E-state index contributed by atoms with van der Waals surface area (Å²) in [6.45, 7) is 3.85. The number of hydrogen-bond acceptors (Lipinski definition) is 3. The minimum atomic E-state index is -4.38. The van der Waals surface area contributed by atoms with Crippen molar-refractivity contribution in [1.82, 2.24) is 10.2 Å². The van der Waals surface area contributed by atoms with Crippen LogP contribution in [0, 0.1) is 0 Å². The van der Waals surface area contributed by atoms with Crippen molar-refractivity contribution in [2.45, 2.75) is 25.9 Å². The molecule has 0 amide bonds. The van der Waals surface area contributed by atoms with E-state index in [4.69, 9.17) is 5.73 Å². The van der Waals surface area contributed by atoms with Gasteiger partial charge < -0.3 is 5.73 Å². The summed E-state index contributed by atoms with van der Waals surface area (Å²) in [4.78, 5) is 0. The normalized spacial score (nSPS) is 11.9. The van der Waals surface area contributed by atoms with E-state index < -0.39 is 11.7 Å². The second-order valence-electron chi connectivity index (χ2n) is 4.80. The Morgan fingerprint density at radius 1 is 1.10 bits per heavy atom. The van der Waals surface area contributed by atoms with E-state index in [2.05, 4.69) is 10.2 Å². The van der Waals surface area contributed by atoms with Gasteiger partial charge in [0.15, 0.2) is 5.82 Å². The Morgan fingerprint density at radius 3 is 2.40 bits per heavy atom. The van der Waals surface area contributed by atoms with Crippen molar-refractivity contribution in [3.05, 3.63) is 41.6 Å². The number of nitrogens with zero attached hydrogens (tertiary/aromatic N) is 2. The second-order valence-corrected chi connectivity index (χ2v) is 4.80. The van der Waals surface area contributed by atoms with E-state index in [0.717, 1.165) is 12.1 Å². The molecule has 6 heteroatoms. The fourth-order valence-corrected chi connectivity index (χ4v) is 1.79. The summed E-state index contributed by atoms with van der Waals surface area (Å²) in [5.74, 6) is 0.237. The number of alkyl halides is 3. The molecule has 3 nitrogen and oxygen atoms in total. The number of aromatic nitrogens is 2. The van der Waals surface area contributed by atoms with Crippen molar-refractivity contribution in [3.63, 3.8) is 0 Å². The van der Waals surface area contributed by atoms with Gasteiger partial charge in [0.05, 0.1) is 11.3 Å². The first-order valence-electron chi connectivity index (χ1n) is 6.09. The summed E-state index contributed by atoms with van der Waals surface area (Å²) in [6.07, 6.45) is -4.38. The van der Waals surface area contributed by atoms with E-state index in [-0.39, 0.29) is 11.7 Å². The summed E-state index contributed by atoms with van der Waals surface area (Å²) >= 11 is 0. The molecule has 1 heterocycles. The molecule has 0 aliphatic heterocycles. The van der Waals surface area contributed by atoms with Gasteiger partial charge >= 0.3 is 6.18 Å². The van der Waals surface area contributed by atoms with Gasteiger partial charge in [-0.05, 0) is 29.7 Å². The molecule has 1 aromatic heterocycles. The molecule has 0 unspecified atom stereocenters. The lowest BCUT2D eigenvalue weighted by molar-refractivity contribution is -0.137. The zero-order valence-electron chi connectivity index (χ0n) is 11.1. The largest absolute Gasteiger partial charge is 0.416 e. The molecule has 2 aromatic rings. The van der Waals surface area contributed by atoms with E-state index in [1.807, 2.05) is 13.8 Å². The number of rotatable bonds is 2. The Labute approximate surface area is 114 Å². The molecule has 1 aromatic carbocycles. The molecule has 0 atom stereocenters. The maximum absolute atomic E-state index is 12.7. The Morgan fingerprint density at radius 2 is 1.80 bits per heavy atom. The second kappa shape index (κ2) is 5.11. The molecule has 0 radical (unpaired) electrons. The molecule has 0 aliphatic carbocycles. The average molecular weight is 281 g/mol. The SMILES string of the molecule is CC(C)c1cc(-c2cccc(C(F)(F)F)c2)c(N)nn1. The first-order chi connectivity index (χ1) is 9.29. The van der Waals surface area contributed by atoms with Gasteiger partial charge in [-0.15, -0.1) is 5.10 Å². The first kappa shape index (κ1) is 14.3. The molecule has 0 saturated carbocycles. The molecule has 2 rings (SSSR count). The lowest BCUT2D eigenvalue weighted by Crippen LogP contribution is -2.06. The maximum Gasteiger partial charge on any atom is 0.416 e. The average Bonchev–Trinajstić information content (AvgIpc) is 2.38. The number of benzene rings is 1. The van der Waals surface area contributed by atoms with Crippen LogP contribution in [0.5, 0.6) is 0 Å².